The van der Waals surface area contributed by atoms with Crippen molar-refractivity contribution in [1.29, 1.82) is 0 Å². The molecule has 1 heterocycles. The maximum absolute atomic E-state index is 9.35. The highest BCUT2D eigenvalue weighted by Crippen LogP contribution is 2.35. The molecular weight excluding hydrogens is 268 g/mol. The summed E-state index contributed by atoms with van der Waals surface area (Å²) in [5.74, 6) is 0.979. The van der Waals surface area contributed by atoms with E-state index in [0.717, 1.165) is 5.69 Å². The van der Waals surface area contributed by atoms with Crippen LogP contribution in [0, 0.1) is 0 Å². The van der Waals surface area contributed by atoms with Crippen molar-refractivity contribution in [1.82, 2.24) is 9.78 Å². The Hall–Kier alpha value is -1.72. The summed E-state index contributed by atoms with van der Waals surface area (Å²) in [5.41, 5.74) is 1.38. The van der Waals surface area contributed by atoms with Gasteiger partial charge in [-0.25, -0.2) is 0 Å². The van der Waals surface area contributed by atoms with Crippen molar-refractivity contribution in [3.8, 4) is 11.5 Å². The zero-order chi connectivity index (χ0) is 13.8. The predicted molar refractivity (Wildman–Crippen MR) is 71.5 cm³/mol. The predicted octanol–water partition coefficient (Wildman–Crippen LogP) is 2.15. The fourth-order valence-electron chi connectivity index (χ4n) is 1.74. The van der Waals surface area contributed by atoms with Gasteiger partial charge in [-0.05, 0) is 12.1 Å². The normalized spacial score (nSPS) is 10.5. The largest absolute Gasteiger partial charge is 0.493 e. The fraction of sp³-hybridized carbons (Fsp3) is 0.308. The maximum Gasteiger partial charge on any atom is 0.167 e. The molecule has 2 aromatic rings. The Morgan fingerprint density at radius 1 is 1.42 bits per heavy atom. The third kappa shape index (κ3) is 3.19. The lowest BCUT2D eigenvalue weighted by molar-refractivity contribution is 0.247. The average Bonchev–Trinajstić information content (AvgIpc) is 2.81. The Labute approximate surface area is 116 Å². The minimum atomic E-state index is -0.172. The smallest absolute Gasteiger partial charge is 0.167 e. The second-order valence-corrected chi connectivity index (χ2v) is 4.46. The number of hydrogen-bond acceptors (Lipinski definition) is 4. The number of aliphatic hydroxyl groups is 1. The molecule has 0 fully saturated rings. The van der Waals surface area contributed by atoms with Crippen LogP contribution in [0.5, 0.6) is 11.5 Å². The van der Waals surface area contributed by atoms with Crippen molar-refractivity contribution in [2.45, 2.75) is 13.2 Å². The third-order valence-corrected chi connectivity index (χ3v) is 2.84. The minimum Gasteiger partial charge on any atom is -0.493 e. The molecule has 0 aliphatic heterocycles. The molecule has 1 aromatic carbocycles. The monoisotopic (exact) mass is 282 g/mol. The Kier molecular flexibility index (Phi) is 4.29. The number of halogens is 1. The van der Waals surface area contributed by atoms with E-state index < -0.39 is 0 Å². The molecule has 5 nitrogen and oxygen atoms in total. The second-order valence-electron chi connectivity index (χ2n) is 4.02. The van der Waals surface area contributed by atoms with E-state index in [0.29, 0.717) is 28.7 Å². The Morgan fingerprint density at radius 2 is 2.21 bits per heavy atom. The van der Waals surface area contributed by atoms with Crippen LogP contribution in [0.2, 0.25) is 5.02 Å². The first-order valence-corrected chi connectivity index (χ1v) is 6.10. The summed E-state index contributed by atoms with van der Waals surface area (Å²) in [5, 5.41) is 14.1. The maximum atomic E-state index is 9.35. The van der Waals surface area contributed by atoms with Crippen LogP contribution in [-0.4, -0.2) is 22.0 Å². The van der Waals surface area contributed by atoms with E-state index in [-0.39, 0.29) is 6.61 Å². The van der Waals surface area contributed by atoms with Crippen LogP contribution < -0.4 is 9.47 Å². The van der Waals surface area contributed by atoms with Crippen molar-refractivity contribution in [3.05, 3.63) is 40.7 Å². The molecule has 0 atom stereocenters. The number of ether oxygens (including phenoxy) is 2. The molecule has 0 saturated carbocycles. The molecule has 1 N–H and O–H groups in total. The van der Waals surface area contributed by atoms with Gasteiger partial charge in [-0.15, -0.1) is 0 Å². The Balaban J connectivity index is 2.23. The van der Waals surface area contributed by atoms with Crippen molar-refractivity contribution in [2.75, 3.05) is 7.11 Å². The van der Waals surface area contributed by atoms with Gasteiger partial charge < -0.3 is 14.6 Å². The Bertz CT molecular complexity index is 544. The zero-order valence-electron chi connectivity index (χ0n) is 10.8. The summed E-state index contributed by atoms with van der Waals surface area (Å²) >= 11 is 5.94. The van der Waals surface area contributed by atoms with Crippen LogP contribution in [0.1, 0.15) is 11.3 Å². The molecule has 0 radical (unpaired) electrons. The number of benzene rings is 1. The molecule has 0 aliphatic carbocycles. The highest BCUT2D eigenvalue weighted by Gasteiger charge is 2.13. The number of aliphatic hydroxyl groups excluding tert-OH is 1. The third-order valence-electron chi connectivity index (χ3n) is 2.62. The van der Waals surface area contributed by atoms with Gasteiger partial charge in [0.25, 0.3) is 0 Å². The van der Waals surface area contributed by atoms with Gasteiger partial charge in [0.2, 0.25) is 0 Å². The van der Waals surface area contributed by atoms with Crippen molar-refractivity contribution < 1.29 is 14.6 Å². The molecule has 0 aliphatic rings. The number of aromatic nitrogens is 2. The van der Waals surface area contributed by atoms with Gasteiger partial charge in [-0.1, -0.05) is 11.6 Å². The SMILES string of the molecule is COc1cc(Cl)cc(CO)c1OCc1ccn(C)n1. The van der Waals surface area contributed by atoms with Crippen molar-refractivity contribution in [2.24, 2.45) is 7.05 Å². The van der Waals surface area contributed by atoms with Crippen molar-refractivity contribution >= 4 is 11.6 Å². The van der Waals surface area contributed by atoms with E-state index >= 15 is 0 Å². The van der Waals surface area contributed by atoms with Crippen LogP contribution in [-0.2, 0) is 20.3 Å². The highest BCUT2D eigenvalue weighted by atomic mass is 35.5. The summed E-state index contributed by atoms with van der Waals surface area (Å²) < 4.78 is 12.6. The van der Waals surface area contributed by atoms with Crippen LogP contribution >= 0.6 is 11.6 Å². The quantitative estimate of drug-likeness (QED) is 0.913. The molecule has 19 heavy (non-hydrogen) atoms. The molecule has 0 amide bonds. The van der Waals surface area contributed by atoms with Gasteiger partial charge in [0, 0.05) is 29.9 Å². The minimum absolute atomic E-state index is 0.172. The average molecular weight is 283 g/mol. The van der Waals surface area contributed by atoms with Crippen LogP contribution in [0.15, 0.2) is 24.4 Å². The van der Waals surface area contributed by atoms with Crippen LogP contribution in [0.4, 0.5) is 0 Å². The number of hydrogen-bond donors (Lipinski definition) is 1. The summed E-state index contributed by atoms with van der Waals surface area (Å²) in [6.45, 7) is 0.125. The first kappa shape index (κ1) is 13.7. The molecule has 0 bridgehead atoms. The van der Waals surface area contributed by atoms with Gasteiger partial charge >= 0.3 is 0 Å². The van der Waals surface area contributed by atoms with E-state index in [4.69, 9.17) is 21.1 Å². The first-order valence-electron chi connectivity index (χ1n) is 5.72. The summed E-state index contributed by atoms with van der Waals surface area (Å²) in [6, 6.07) is 5.16. The lowest BCUT2D eigenvalue weighted by Crippen LogP contribution is -2.02. The highest BCUT2D eigenvalue weighted by molar-refractivity contribution is 6.30. The van der Waals surface area contributed by atoms with E-state index in [9.17, 15) is 5.11 Å². The van der Waals surface area contributed by atoms with Crippen molar-refractivity contribution in [3.63, 3.8) is 0 Å². The van der Waals surface area contributed by atoms with E-state index in [1.807, 2.05) is 19.3 Å². The Morgan fingerprint density at radius 3 is 2.79 bits per heavy atom. The van der Waals surface area contributed by atoms with Gasteiger partial charge in [0.05, 0.1) is 19.4 Å². The molecule has 0 saturated heterocycles. The topological polar surface area (TPSA) is 56.5 Å². The number of rotatable bonds is 5. The summed E-state index contributed by atoms with van der Waals surface area (Å²) in [7, 11) is 3.37. The van der Waals surface area contributed by atoms with E-state index in [1.54, 1.807) is 16.8 Å². The molecule has 0 spiro atoms. The second kappa shape index (κ2) is 5.95. The molecule has 6 heteroatoms. The van der Waals surface area contributed by atoms with Gasteiger partial charge in [0.15, 0.2) is 11.5 Å². The fourth-order valence-corrected chi connectivity index (χ4v) is 1.97. The van der Waals surface area contributed by atoms with Crippen LogP contribution in [0.3, 0.4) is 0 Å². The van der Waals surface area contributed by atoms with Gasteiger partial charge in [0.1, 0.15) is 6.61 Å². The van der Waals surface area contributed by atoms with Crippen LogP contribution in [0.25, 0.3) is 0 Å². The molecule has 0 unspecified atom stereocenters. The lowest BCUT2D eigenvalue weighted by atomic mass is 10.2. The first-order chi connectivity index (χ1) is 9.13. The number of nitrogens with zero attached hydrogens (tertiary/aromatic N) is 2. The lowest BCUT2D eigenvalue weighted by Gasteiger charge is -2.14. The molecule has 1 aromatic heterocycles. The molecule has 102 valence electrons. The van der Waals surface area contributed by atoms with Gasteiger partial charge in [-0.3, -0.25) is 4.68 Å². The zero-order valence-corrected chi connectivity index (χ0v) is 11.5. The number of aryl methyl sites for hydroxylation is 1. The van der Waals surface area contributed by atoms with Gasteiger partial charge in [-0.2, -0.15) is 5.10 Å². The standard InChI is InChI=1S/C13H15ClN2O3/c1-16-4-3-11(15-16)8-19-13-9(7-17)5-10(14)6-12(13)18-2/h3-6,17H,7-8H2,1-2H3. The molecule has 2 rings (SSSR count). The summed E-state index contributed by atoms with van der Waals surface area (Å²) in [6.07, 6.45) is 1.84. The number of methoxy groups -OCH3 is 1. The van der Waals surface area contributed by atoms with E-state index in [1.165, 1.54) is 7.11 Å². The summed E-state index contributed by atoms with van der Waals surface area (Å²) in [4.78, 5) is 0. The van der Waals surface area contributed by atoms with E-state index in [2.05, 4.69) is 5.10 Å². The molecular formula is C13H15ClN2O3.